The first-order chi connectivity index (χ1) is 23.7. The lowest BCUT2D eigenvalue weighted by atomic mass is 9.80. The normalized spacial score (nSPS) is 22.0. The third-order valence-corrected chi connectivity index (χ3v) is 9.66. The zero-order valence-electron chi connectivity index (χ0n) is 28.2. The average molecular weight is 665 g/mol. The SMILES string of the molecule is CC1=C(C(=O)OC2CCCN(Cc3ccccc3)C2)C(c2cccc([N+](=O)[O-])c2)C(C(=O)ON2CCCC(Cc3ccccc3)C2)=C(C)N1. The van der Waals surface area contributed by atoms with Gasteiger partial charge in [-0.1, -0.05) is 72.8 Å². The quantitative estimate of drug-likeness (QED) is 0.148. The van der Waals surface area contributed by atoms with E-state index < -0.39 is 22.8 Å². The molecule has 3 aliphatic heterocycles. The van der Waals surface area contributed by atoms with E-state index in [1.54, 1.807) is 31.0 Å². The predicted molar refractivity (Wildman–Crippen MR) is 186 cm³/mol. The molecule has 1 N–H and O–H groups in total. The van der Waals surface area contributed by atoms with Crippen molar-refractivity contribution in [3.63, 3.8) is 0 Å². The number of carbonyl (C=O) groups excluding carboxylic acids is 2. The fraction of sp³-hybridized carbons (Fsp3) is 0.385. The van der Waals surface area contributed by atoms with Crippen LogP contribution in [0.2, 0.25) is 0 Å². The van der Waals surface area contributed by atoms with Gasteiger partial charge in [0, 0.05) is 49.7 Å². The molecule has 49 heavy (non-hydrogen) atoms. The van der Waals surface area contributed by atoms with Crippen molar-refractivity contribution in [1.29, 1.82) is 0 Å². The van der Waals surface area contributed by atoms with E-state index in [9.17, 15) is 19.7 Å². The van der Waals surface area contributed by atoms with Crippen LogP contribution in [0.4, 0.5) is 5.69 Å². The monoisotopic (exact) mass is 664 g/mol. The van der Waals surface area contributed by atoms with Crippen LogP contribution in [0.1, 0.15) is 62.1 Å². The van der Waals surface area contributed by atoms with E-state index >= 15 is 0 Å². The molecule has 3 unspecified atom stereocenters. The molecule has 3 heterocycles. The molecule has 6 rings (SSSR count). The van der Waals surface area contributed by atoms with E-state index in [-0.39, 0.29) is 22.9 Å². The molecule has 0 aromatic heterocycles. The highest BCUT2D eigenvalue weighted by Crippen LogP contribution is 2.41. The largest absolute Gasteiger partial charge is 0.458 e. The standard InChI is InChI=1S/C39H44N4O6/c1-27-35(38(44)48-34-19-11-20-41(26-34)24-30-14-7-4-8-15-30)37(32-17-9-18-33(23-32)43(46)47)36(28(2)40-27)39(45)49-42-21-10-16-31(25-42)22-29-12-5-3-6-13-29/h3-9,12-15,17-18,23,31,34,37,40H,10-11,16,19-22,24-26H2,1-2H3. The molecular formula is C39H44N4O6. The summed E-state index contributed by atoms with van der Waals surface area (Å²) in [6, 6.07) is 26.6. The molecule has 10 nitrogen and oxygen atoms in total. The first-order valence-electron chi connectivity index (χ1n) is 17.2. The number of nitro benzene ring substituents is 1. The third-order valence-electron chi connectivity index (χ3n) is 9.66. The number of ether oxygens (including phenoxy) is 1. The number of nitrogens with zero attached hydrogens (tertiary/aromatic N) is 3. The van der Waals surface area contributed by atoms with Crippen molar-refractivity contribution in [2.45, 2.75) is 64.5 Å². The van der Waals surface area contributed by atoms with E-state index in [1.165, 1.54) is 23.3 Å². The average Bonchev–Trinajstić information content (AvgIpc) is 3.09. The van der Waals surface area contributed by atoms with E-state index in [1.807, 2.05) is 36.4 Å². The maximum Gasteiger partial charge on any atom is 0.355 e. The van der Waals surface area contributed by atoms with E-state index in [0.29, 0.717) is 42.5 Å². The third kappa shape index (κ3) is 8.44. The van der Waals surface area contributed by atoms with Crippen molar-refractivity contribution >= 4 is 17.6 Å². The maximum absolute atomic E-state index is 14.2. The highest BCUT2D eigenvalue weighted by Gasteiger charge is 2.40. The lowest BCUT2D eigenvalue weighted by Crippen LogP contribution is -2.42. The van der Waals surface area contributed by atoms with Crippen LogP contribution in [0.5, 0.6) is 0 Å². The lowest BCUT2D eigenvalue weighted by Gasteiger charge is -2.35. The van der Waals surface area contributed by atoms with Crippen molar-refractivity contribution in [3.05, 3.63) is 134 Å². The Labute approximate surface area is 287 Å². The smallest absolute Gasteiger partial charge is 0.355 e. The van der Waals surface area contributed by atoms with E-state index in [0.717, 1.165) is 45.2 Å². The van der Waals surface area contributed by atoms with Crippen LogP contribution < -0.4 is 5.32 Å². The number of likely N-dealkylation sites (tertiary alicyclic amines) is 1. The van der Waals surface area contributed by atoms with Gasteiger partial charge in [-0.05, 0) is 75.1 Å². The van der Waals surface area contributed by atoms with E-state index in [4.69, 9.17) is 9.57 Å². The first kappa shape index (κ1) is 34.1. The topological polar surface area (TPSA) is 114 Å². The second kappa shape index (κ2) is 15.6. The molecule has 0 amide bonds. The summed E-state index contributed by atoms with van der Waals surface area (Å²) < 4.78 is 6.19. The van der Waals surface area contributed by atoms with Crippen molar-refractivity contribution < 1.29 is 24.1 Å². The zero-order valence-corrected chi connectivity index (χ0v) is 28.2. The molecule has 0 spiro atoms. The maximum atomic E-state index is 14.2. The Morgan fingerprint density at radius 2 is 1.51 bits per heavy atom. The van der Waals surface area contributed by atoms with Crippen LogP contribution in [-0.4, -0.2) is 59.1 Å². The molecule has 2 fully saturated rings. The van der Waals surface area contributed by atoms with Gasteiger partial charge in [0.25, 0.3) is 5.69 Å². The van der Waals surface area contributed by atoms with Crippen LogP contribution in [0.15, 0.2) is 107 Å². The second-order valence-electron chi connectivity index (χ2n) is 13.3. The summed E-state index contributed by atoms with van der Waals surface area (Å²) in [5.41, 5.74) is 4.30. The number of benzene rings is 3. The fourth-order valence-electron chi connectivity index (χ4n) is 7.39. The van der Waals surface area contributed by atoms with Crippen LogP contribution in [0.25, 0.3) is 0 Å². The number of non-ortho nitro benzene ring substituents is 1. The van der Waals surface area contributed by atoms with Gasteiger partial charge >= 0.3 is 11.9 Å². The Hall–Kier alpha value is -4.80. The van der Waals surface area contributed by atoms with Gasteiger partial charge in [-0.25, -0.2) is 9.59 Å². The number of nitrogens with one attached hydrogen (secondary N) is 1. The molecule has 10 heteroatoms. The van der Waals surface area contributed by atoms with Crippen LogP contribution in [0.3, 0.4) is 0 Å². The van der Waals surface area contributed by atoms with Crippen molar-refractivity contribution in [3.8, 4) is 0 Å². The highest BCUT2D eigenvalue weighted by atomic mass is 16.7. The number of hydrogen-bond acceptors (Lipinski definition) is 9. The number of dihydropyridines is 1. The first-order valence-corrected chi connectivity index (χ1v) is 17.2. The minimum Gasteiger partial charge on any atom is -0.458 e. The van der Waals surface area contributed by atoms with Gasteiger partial charge in [0.2, 0.25) is 0 Å². The molecule has 0 aliphatic carbocycles. The van der Waals surface area contributed by atoms with Gasteiger partial charge in [0.15, 0.2) is 0 Å². The number of esters is 1. The number of carbonyl (C=O) groups is 2. The van der Waals surface area contributed by atoms with E-state index in [2.05, 4.69) is 34.5 Å². The Bertz CT molecular complexity index is 1630. The molecule has 3 aromatic rings. The number of rotatable bonds is 10. The van der Waals surface area contributed by atoms with Crippen LogP contribution in [0, 0.1) is 16.0 Å². The minimum atomic E-state index is -0.921. The highest BCUT2D eigenvalue weighted by molar-refractivity contribution is 6.00. The van der Waals surface area contributed by atoms with Gasteiger partial charge in [-0.3, -0.25) is 15.0 Å². The number of allylic oxidation sites excluding steroid dienone is 2. The van der Waals surface area contributed by atoms with Gasteiger partial charge in [0.1, 0.15) is 6.10 Å². The summed E-state index contributed by atoms with van der Waals surface area (Å²) in [6.45, 7) is 6.98. The number of nitro groups is 1. The Balaban J connectivity index is 1.23. The second-order valence-corrected chi connectivity index (χ2v) is 13.3. The van der Waals surface area contributed by atoms with Gasteiger partial charge in [-0.15, -0.1) is 5.06 Å². The number of hydrogen-bond donors (Lipinski definition) is 1. The molecule has 0 bridgehead atoms. The number of hydroxylamine groups is 2. The van der Waals surface area contributed by atoms with Crippen molar-refractivity contribution in [1.82, 2.24) is 15.3 Å². The zero-order chi connectivity index (χ0) is 34.3. The summed E-state index contributed by atoms with van der Waals surface area (Å²) in [5.74, 6) is -1.74. The van der Waals surface area contributed by atoms with Gasteiger partial charge < -0.3 is 14.9 Å². The molecule has 3 aliphatic rings. The van der Waals surface area contributed by atoms with Crippen LogP contribution in [-0.2, 0) is 32.1 Å². The Morgan fingerprint density at radius 3 is 2.22 bits per heavy atom. The fourth-order valence-corrected chi connectivity index (χ4v) is 7.39. The summed E-state index contributed by atoms with van der Waals surface area (Å²) >= 11 is 0. The summed E-state index contributed by atoms with van der Waals surface area (Å²) in [5, 5.41) is 16.8. The van der Waals surface area contributed by atoms with Crippen molar-refractivity contribution in [2.24, 2.45) is 5.92 Å². The Morgan fingerprint density at radius 1 is 0.837 bits per heavy atom. The molecule has 0 radical (unpaired) electrons. The molecule has 2 saturated heterocycles. The molecule has 256 valence electrons. The predicted octanol–water partition coefficient (Wildman–Crippen LogP) is 6.45. The minimum absolute atomic E-state index is 0.129. The summed E-state index contributed by atoms with van der Waals surface area (Å²) in [4.78, 5) is 48.0. The van der Waals surface area contributed by atoms with Crippen LogP contribution >= 0.6 is 0 Å². The molecule has 3 aromatic carbocycles. The Kier molecular flexibility index (Phi) is 10.9. The molecule has 0 saturated carbocycles. The summed E-state index contributed by atoms with van der Waals surface area (Å²) in [7, 11) is 0. The van der Waals surface area contributed by atoms with Crippen molar-refractivity contribution in [2.75, 3.05) is 26.2 Å². The molecular weight excluding hydrogens is 620 g/mol. The lowest BCUT2D eigenvalue weighted by molar-refractivity contribution is -0.384. The number of piperidine rings is 2. The van der Waals surface area contributed by atoms with Gasteiger partial charge in [0.05, 0.1) is 22.0 Å². The summed E-state index contributed by atoms with van der Waals surface area (Å²) in [6.07, 6.45) is 4.07. The molecule has 3 atom stereocenters. The van der Waals surface area contributed by atoms with Gasteiger partial charge in [-0.2, -0.15) is 0 Å².